The monoisotopic (exact) mass is 352 g/mol. The third kappa shape index (κ3) is 4.53. The first-order valence-electron chi connectivity index (χ1n) is 9.31. The molecule has 2 fully saturated rings. The van der Waals surface area contributed by atoms with Gasteiger partial charge in [0.15, 0.2) is 0 Å². The van der Waals surface area contributed by atoms with Crippen molar-refractivity contribution in [3.8, 4) is 0 Å². The van der Waals surface area contributed by atoms with Crippen molar-refractivity contribution in [2.75, 3.05) is 6.54 Å². The number of aliphatic carboxylic acids is 1. The Bertz CT molecular complexity index is 544. The number of amides is 2. The van der Waals surface area contributed by atoms with Crippen LogP contribution in [0.5, 0.6) is 0 Å². The maximum Gasteiger partial charge on any atom is 0.303 e. The van der Waals surface area contributed by atoms with E-state index in [4.69, 9.17) is 5.11 Å². The van der Waals surface area contributed by atoms with E-state index in [1.54, 1.807) is 13.8 Å². The van der Waals surface area contributed by atoms with Crippen LogP contribution in [0.1, 0.15) is 60.3 Å². The number of fused-ring (bicyclic) bond motifs is 1. The Morgan fingerprint density at radius 1 is 1.32 bits per heavy atom. The first-order valence-corrected chi connectivity index (χ1v) is 9.31. The van der Waals surface area contributed by atoms with E-state index in [0.29, 0.717) is 36.8 Å². The zero-order valence-corrected chi connectivity index (χ0v) is 16.0. The molecule has 0 radical (unpaired) electrons. The van der Waals surface area contributed by atoms with Gasteiger partial charge >= 0.3 is 5.97 Å². The molecule has 25 heavy (non-hydrogen) atoms. The summed E-state index contributed by atoms with van der Waals surface area (Å²) in [5, 5.41) is 11.9. The van der Waals surface area contributed by atoms with E-state index in [9.17, 15) is 14.4 Å². The molecular weight excluding hydrogens is 320 g/mol. The number of hydrogen-bond donors (Lipinski definition) is 2. The first kappa shape index (κ1) is 19.7. The fourth-order valence-electron chi connectivity index (χ4n) is 4.76. The molecule has 2 amide bonds. The molecule has 142 valence electrons. The second-order valence-corrected chi connectivity index (χ2v) is 8.92. The molecule has 0 unspecified atom stereocenters. The van der Waals surface area contributed by atoms with Crippen molar-refractivity contribution in [2.45, 2.75) is 72.4 Å². The predicted molar refractivity (Wildman–Crippen MR) is 94.8 cm³/mol. The lowest BCUT2D eigenvalue weighted by atomic mass is 9.85. The lowest BCUT2D eigenvalue weighted by molar-refractivity contribution is -0.139. The second kappa shape index (κ2) is 7.34. The lowest BCUT2D eigenvalue weighted by Gasteiger charge is -2.28. The molecule has 1 saturated heterocycles. The molecule has 6 nitrogen and oxygen atoms in total. The summed E-state index contributed by atoms with van der Waals surface area (Å²) in [5.74, 6) is 0.337. The van der Waals surface area contributed by atoms with Gasteiger partial charge in [-0.2, -0.15) is 0 Å². The largest absolute Gasteiger partial charge is 0.481 e. The Balaban J connectivity index is 1.92. The Morgan fingerprint density at radius 2 is 1.96 bits per heavy atom. The summed E-state index contributed by atoms with van der Waals surface area (Å²) in [6.07, 6.45) is 1.76. The van der Waals surface area contributed by atoms with Gasteiger partial charge in [-0.1, -0.05) is 20.8 Å². The molecule has 2 aliphatic rings. The van der Waals surface area contributed by atoms with E-state index in [1.165, 1.54) is 0 Å². The second-order valence-electron chi connectivity index (χ2n) is 8.92. The Morgan fingerprint density at radius 3 is 2.52 bits per heavy atom. The quantitative estimate of drug-likeness (QED) is 0.736. The van der Waals surface area contributed by atoms with Gasteiger partial charge in [-0.25, -0.2) is 0 Å². The molecule has 2 N–H and O–H groups in total. The smallest absolute Gasteiger partial charge is 0.303 e. The normalized spacial score (nSPS) is 29.2. The Hall–Kier alpha value is -1.59. The zero-order chi connectivity index (χ0) is 18.9. The van der Waals surface area contributed by atoms with Crippen LogP contribution in [0.3, 0.4) is 0 Å². The van der Waals surface area contributed by atoms with E-state index in [0.717, 1.165) is 6.42 Å². The molecule has 6 heteroatoms. The number of carboxylic acids is 1. The van der Waals surface area contributed by atoms with Gasteiger partial charge in [-0.3, -0.25) is 14.4 Å². The molecule has 2 rings (SSSR count). The van der Waals surface area contributed by atoms with Crippen LogP contribution in [0.4, 0.5) is 0 Å². The van der Waals surface area contributed by atoms with Crippen LogP contribution in [0, 0.1) is 23.2 Å². The van der Waals surface area contributed by atoms with Crippen LogP contribution in [0.2, 0.25) is 0 Å². The van der Waals surface area contributed by atoms with Gasteiger partial charge in [0.05, 0.1) is 6.42 Å². The minimum Gasteiger partial charge on any atom is -0.481 e. The van der Waals surface area contributed by atoms with Crippen LogP contribution in [0.15, 0.2) is 0 Å². The molecule has 4 atom stereocenters. The Kier molecular flexibility index (Phi) is 5.79. The van der Waals surface area contributed by atoms with Crippen molar-refractivity contribution in [1.29, 1.82) is 0 Å². The Labute approximate surface area is 150 Å². The highest BCUT2D eigenvalue weighted by Gasteiger charge is 2.51. The number of carbonyl (C=O) groups excluding carboxylic acids is 2. The SMILES string of the molecule is CC(C)N1C(=O)C[C@H]2[C@H](CNC(=O)CC(C)(C)CC(=O)O)[C@@H](C)C[C@H]21. The van der Waals surface area contributed by atoms with Crippen molar-refractivity contribution in [2.24, 2.45) is 23.2 Å². The summed E-state index contributed by atoms with van der Waals surface area (Å²) < 4.78 is 0. The predicted octanol–water partition coefficient (Wildman–Crippen LogP) is 2.28. The topological polar surface area (TPSA) is 86.7 Å². The van der Waals surface area contributed by atoms with Crippen LogP contribution in [-0.4, -0.2) is 46.4 Å². The van der Waals surface area contributed by atoms with Gasteiger partial charge in [0, 0.05) is 31.5 Å². The number of likely N-dealkylation sites (tertiary alicyclic amines) is 1. The molecule has 0 aromatic carbocycles. The summed E-state index contributed by atoms with van der Waals surface area (Å²) in [7, 11) is 0. The van der Waals surface area contributed by atoms with Gasteiger partial charge in [-0.05, 0) is 43.4 Å². The van der Waals surface area contributed by atoms with Crippen molar-refractivity contribution >= 4 is 17.8 Å². The number of hydrogen-bond acceptors (Lipinski definition) is 3. The molecule has 0 bridgehead atoms. The van der Waals surface area contributed by atoms with E-state index in [2.05, 4.69) is 26.1 Å². The zero-order valence-electron chi connectivity index (χ0n) is 16.0. The van der Waals surface area contributed by atoms with Crippen LogP contribution in [-0.2, 0) is 14.4 Å². The molecule has 0 aromatic rings. The standard InChI is InChI=1S/C19H32N2O4/c1-11(2)21-15-6-12(3)14(13(15)7-17(21)23)10-20-16(22)8-19(4,5)9-18(24)25/h11-15H,6-10H2,1-5H3,(H,20,22)(H,24,25)/t12-,13-,14+,15+/m0/s1. The van der Waals surface area contributed by atoms with E-state index in [1.807, 2.05) is 4.90 Å². The summed E-state index contributed by atoms with van der Waals surface area (Å²) in [4.78, 5) is 37.5. The van der Waals surface area contributed by atoms with Gasteiger partial charge in [0.25, 0.3) is 0 Å². The lowest BCUT2D eigenvalue weighted by Crippen LogP contribution is -2.39. The average molecular weight is 352 g/mol. The molecule has 1 saturated carbocycles. The number of nitrogens with zero attached hydrogens (tertiary/aromatic N) is 1. The molecule has 1 heterocycles. The third-order valence-corrected chi connectivity index (χ3v) is 5.80. The van der Waals surface area contributed by atoms with E-state index >= 15 is 0 Å². The number of nitrogens with one attached hydrogen (secondary N) is 1. The molecule has 1 aliphatic heterocycles. The third-order valence-electron chi connectivity index (χ3n) is 5.80. The minimum absolute atomic E-state index is 0.0250. The van der Waals surface area contributed by atoms with Crippen molar-refractivity contribution in [3.05, 3.63) is 0 Å². The molecule has 1 aliphatic carbocycles. The van der Waals surface area contributed by atoms with Gasteiger partial charge in [0.2, 0.25) is 11.8 Å². The molecule has 0 aromatic heterocycles. The fraction of sp³-hybridized carbons (Fsp3) is 0.842. The number of rotatable bonds is 7. The minimum atomic E-state index is -0.886. The number of carbonyl (C=O) groups is 3. The van der Waals surface area contributed by atoms with E-state index < -0.39 is 11.4 Å². The van der Waals surface area contributed by atoms with Crippen LogP contribution in [0.25, 0.3) is 0 Å². The summed E-state index contributed by atoms with van der Waals surface area (Å²) in [5.41, 5.74) is -0.558. The summed E-state index contributed by atoms with van der Waals surface area (Å²) >= 11 is 0. The van der Waals surface area contributed by atoms with Gasteiger partial charge in [-0.15, -0.1) is 0 Å². The van der Waals surface area contributed by atoms with Crippen LogP contribution < -0.4 is 5.32 Å². The average Bonchev–Trinajstić information content (AvgIpc) is 2.87. The maximum absolute atomic E-state index is 12.3. The van der Waals surface area contributed by atoms with Crippen molar-refractivity contribution in [1.82, 2.24) is 10.2 Å². The highest BCUT2D eigenvalue weighted by molar-refractivity contribution is 5.80. The number of carboxylic acid groups (broad SMARTS) is 1. The highest BCUT2D eigenvalue weighted by Crippen LogP contribution is 2.46. The van der Waals surface area contributed by atoms with Crippen molar-refractivity contribution in [3.63, 3.8) is 0 Å². The highest BCUT2D eigenvalue weighted by atomic mass is 16.4. The maximum atomic E-state index is 12.3. The first-order chi connectivity index (χ1) is 11.5. The molecule has 0 spiro atoms. The summed E-state index contributed by atoms with van der Waals surface area (Å²) in [6, 6.07) is 0.521. The van der Waals surface area contributed by atoms with Gasteiger partial charge < -0.3 is 15.3 Å². The molecular formula is C19H32N2O4. The summed E-state index contributed by atoms with van der Waals surface area (Å²) in [6.45, 7) is 10.5. The van der Waals surface area contributed by atoms with Crippen molar-refractivity contribution < 1.29 is 19.5 Å². The van der Waals surface area contributed by atoms with Gasteiger partial charge in [0.1, 0.15) is 0 Å². The fourth-order valence-corrected chi connectivity index (χ4v) is 4.76. The van der Waals surface area contributed by atoms with E-state index in [-0.39, 0.29) is 30.7 Å². The van der Waals surface area contributed by atoms with Crippen LogP contribution >= 0.6 is 0 Å².